The van der Waals surface area contributed by atoms with Crippen LogP contribution in [-0.2, 0) is 4.79 Å². The van der Waals surface area contributed by atoms with Crippen molar-refractivity contribution in [2.45, 2.75) is 18.9 Å². The minimum absolute atomic E-state index is 0.150. The fourth-order valence-electron chi connectivity index (χ4n) is 2.37. The molecule has 3 rings (SSSR count). The van der Waals surface area contributed by atoms with E-state index in [4.69, 9.17) is 11.5 Å². The van der Waals surface area contributed by atoms with E-state index in [0.717, 1.165) is 24.8 Å². The lowest BCUT2D eigenvalue weighted by molar-refractivity contribution is -0.119. The first kappa shape index (κ1) is 10.8. The minimum Gasteiger partial charge on any atom is -0.368 e. The van der Waals surface area contributed by atoms with Gasteiger partial charge in [-0.3, -0.25) is 9.89 Å². The number of aromatic amines is 1. The van der Waals surface area contributed by atoms with Gasteiger partial charge < -0.3 is 16.4 Å². The molecule has 1 aliphatic heterocycles. The normalized spacial score (nSPS) is 19.6. The monoisotopic (exact) mass is 247 g/mol. The van der Waals surface area contributed by atoms with Crippen molar-refractivity contribution in [3.05, 3.63) is 6.20 Å². The molecule has 1 amide bonds. The maximum Gasteiger partial charge on any atom is 0.240 e. The minimum atomic E-state index is -0.346. The number of nitrogen functional groups attached to an aromatic ring is 1. The molecule has 5 N–H and O–H groups in total. The summed E-state index contributed by atoms with van der Waals surface area (Å²) in [6, 6.07) is -0.336. The highest BCUT2D eigenvalue weighted by atomic mass is 16.1. The van der Waals surface area contributed by atoms with E-state index in [-0.39, 0.29) is 17.9 Å². The summed E-state index contributed by atoms with van der Waals surface area (Å²) in [6.45, 7) is 0.727. The van der Waals surface area contributed by atoms with Gasteiger partial charge in [0.05, 0.1) is 11.6 Å². The second kappa shape index (κ2) is 3.83. The first-order chi connectivity index (χ1) is 8.66. The van der Waals surface area contributed by atoms with Crippen LogP contribution in [0, 0.1) is 0 Å². The number of fused-ring (bicyclic) bond motifs is 1. The molecule has 0 radical (unpaired) electrons. The van der Waals surface area contributed by atoms with E-state index in [2.05, 4.69) is 20.2 Å². The fourth-order valence-corrected chi connectivity index (χ4v) is 2.37. The molecule has 0 saturated carbocycles. The molecule has 0 spiro atoms. The number of hydrogen-bond donors (Lipinski definition) is 3. The quantitative estimate of drug-likeness (QED) is 0.649. The van der Waals surface area contributed by atoms with Gasteiger partial charge in [-0.2, -0.15) is 15.1 Å². The molecule has 1 saturated heterocycles. The van der Waals surface area contributed by atoms with Crippen LogP contribution in [0.2, 0.25) is 0 Å². The van der Waals surface area contributed by atoms with Crippen LogP contribution in [0.15, 0.2) is 6.20 Å². The smallest absolute Gasteiger partial charge is 0.240 e. The Balaban J connectivity index is 2.13. The summed E-state index contributed by atoms with van der Waals surface area (Å²) in [6.07, 6.45) is 3.26. The third-order valence-corrected chi connectivity index (χ3v) is 3.16. The fraction of sp³-hybridized carbons (Fsp3) is 0.400. The lowest BCUT2D eigenvalue weighted by atomic mass is 10.2. The number of primary amides is 1. The highest BCUT2D eigenvalue weighted by Crippen LogP contribution is 2.29. The lowest BCUT2D eigenvalue weighted by Gasteiger charge is -2.23. The first-order valence-electron chi connectivity index (χ1n) is 5.69. The van der Waals surface area contributed by atoms with Gasteiger partial charge in [-0.1, -0.05) is 0 Å². The van der Waals surface area contributed by atoms with Crippen molar-refractivity contribution < 1.29 is 4.79 Å². The van der Waals surface area contributed by atoms with Crippen molar-refractivity contribution in [1.82, 2.24) is 20.2 Å². The Bertz CT molecular complexity index is 607. The van der Waals surface area contributed by atoms with Gasteiger partial charge in [0.25, 0.3) is 0 Å². The zero-order chi connectivity index (χ0) is 12.7. The predicted octanol–water partition coefficient (Wildman–Crippen LogP) is -0.611. The molecule has 3 heterocycles. The van der Waals surface area contributed by atoms with E-state index in [0.29, 0.717) is 11.5 Å². The Morgan fingerprint density at radius 1 is 1.50 bits per heavy atom. The maximum atomic E-state index is 11.4. The molecule has 1 unspecified atom stereocenters. The molecular formula is C10H13N7O. The second-order valence-electron chi connectivity index (χ2n) is 4.29. The molecule has 1 aliphatic rings. The molecule has 1 atom stereocenters. The summed E-state index contributed by atoms with van der Waals surface area (Å²) in [5.74, 6) is 0.422. The third-order valence-electron chi connectivity index (χ3n) is 3.16. The second-order valence-corrected chi connectivity index (χ2v) is 4.29. The van der Waals surface area contributed by atoms with E-state index >= 15 is 0 Å². The number of nitrogens with one attached hydrogen (secondary N) is 1. The van der Waals surface area contributed by atoms with Gasteiger partial charge >= 0.3 is 0 Å². The Morgan fingerprint density at radius 2 is 2.33 bits per heavy atom. The molecule has 2 aromatic heterocycles. The van der Waals surface area contributed by atoms with Crippen molar-refractivity contribution in [2.75, 3.05) is 17.2 Å². The van der Waals surface area contributed by atoms with E-state index < -0.39 is 0 Å². The van der Waals surface area contributed by atoms with Gasteiger partial charge in [-0.05, 0) is 12.8 Å². The predicted molar refractivity (Wildman–Crippen MR) is 65.7 cm³/mol. The first-order valence-corrected chi connectivity index (χ1v) is 5.69. The average molecular weight is 247 g/mol. The molecular weight excluding hydrogens is 234 g/mol. The highest BCUT2D eigenvalue weighted by molar-refractivity contribution is 5.91. The van der Waals surface area contributed by atoms with Crippen LogP contribution in [0.3, 0.4) is 0 Å². The van der Waals surface area contributed by atoms with E-state index in [9.17, 15) is 4.79 Å². The van der Waals surface area contributed by atoms with E-state index in [1.165, 1.54) is 0 Å². The molecule has 0 aliphatic carbocycles. The van der Waals surface area contributed by atoms with E-state index in [1.807, 2.05) is 4.90 Å². The molecule has 94 valence electrons. The van der Waals surface area contributed by atoms with Crippen LogP contribution in [0.5, 0.6) is 0 Å². The molecule has 8 nitrogen and oxygen atoms in total. The van der Waals surface area contributed by atoms with E-state index in [1.54, 1.807) is 6.20 Å². The van der Waals surface area contributed by atoms with Crippen molar-refractivity contribution in [3.8, 4) is 0 Å². The summed E-state index contributed by atoms with van der Waals surface area (Å²) < 4.78 is 0. The zero-order valence-electron chi connectivity index (χ0n) is 9.63. The topological polar surface area (TPSA) is 127 Å². The number of carbonyl (C=O) groups is 1. The van der Waals surface area contributed by atoms with Crippen LogP contribution in [0.4, 0.5) is 11.8 Å². The Labute approximate surface area is 102 Å². The number of amides is 1. The zero-order valence-corrected chi connectivity index (χ0v) is 9.63. The summed E-state index contributed by atoms with van der Waals surface area (Å²) in [5, 5.41) is 7.41. The SMILES string of the molecule is NC(=O)C1CCCN1c1nc(N)nc2[nH]ncc12. The number of nitrogens with zero attached hydrogens (tertiary/aromatic N) is 4. The summed E-state index contributed by atoms with van der Waals surface area (Å²) in [4.78, 5) is 21.6. The van der Waals surface area contributed by atoms with Crippen LogP contribution < -0.4 is 16.4 Å². The van der Waals surface area contributed by atoms with Crippen molar-refractivity contribution in [2.24, 2.45) is 5.73 Å². The largest absolute Gasteiger partial charge is 0.368 e. The summed E-state index contributed by atoms with van der Waals surface area (Å²) in [5.41, 5.74) is 11.6. The number of rotatable bonds is 2. The number of anilines is 2. The summed E-state index contributed by atoms with van der Waals surface area (Å²) in [7, 11) is 0. The van der Waals surface area contributed by atoms with Crippen LogP contribution in [0.25, 0.3) is 11.0 Å². The van der Waals surface area contributed by atoms with Crippen molar-refractivity contribution >= 4 is 28.7 Å². The Hall–Kier alpha value is -2.38. The Morgan fingerprint density at radius 3 is 3.11 bits per heavy atom. The number of hydrogen-bond acceptors (Lipinski definition) is 6. The van der Waals surface area contributed by atoms with Gasteiger partial charge in [-0.25, -0.2) is 0 Å². The van der Waals surface area contributed by atoms with Gasteiger partial charge in [-0.15, -0.1) is 0 Å². The highest BCUT2D eigenvalue weighted by Gasteiger charge is 2.31. The van der Waals surface area contributed by atoms with Gasteiger partial charge in [0.2, 0.25) is 11.9 Å². The van der Waals surface area contributed by atoms with Gasteiger partial charge in [0, 0.05) is 6.54 Å². The van der Waals surface area contributed by atoms with Gasteiger partial charge in [0.1, 0.15) is 11.9 Å². The number of nitrogens with two attached hydrogens (primary N) is 2. The molecule has 0 aromatic carbocycles. The molecule has 18 heavy (non-hydrogen) atoms. The third kappa shape index (κ3) is 1.53. The van der Waals surface area contributed by atoms with Crippen LogP contribution >= 0.6 is 0 Å². The molecule has 2 aromatic rings. The average Bonchev–Trinajstić information content (AvgIpc) is 2.95. The van der Waals surface area contributed by atoms with Crippen molar-refractivity contribution in [1.29, 1.82) is 0 Å². The summed E-state index contributed by atoms with van der Waals surface area (Å²) >= 11 is 0. The lowest BCUT2D eigenvalue weighted by Crippen LogP contribution is -2.40. The number of carbonyl (C=O) groups excluding carboxylic acids is 1. The number of H-pyrrole nitrogens is 1. The Kier molecular flexibility index (Phi) is 2.29. The van der Waals surface area contributed by atoms with Crippen LogP contribution in [0.1, 0.15) is 12.8 Å². The molecule has 8 heteroatoms. The van der Waals surface area contributed by atoms with Crippen LogP contribution in [-0.4, -0.2) is 38.7 Å². The standard InChI is InChI=1S/C10H13N7O/c11-7(18)6-2-1-3-17(6)9-5-4-13-16-8(5)14-10(12)15-9/h4,6H,1-3H2,(H2,11,18)(H3,12,13,14,15,16). The molecule has 0 bridgehead atoms. The maximum absolute atomic E-state index is 11.4. The molecule has 1 fully saturated rings. The van der Waals surface area contributed by atoms with Crippen molar-refractivity contribution in [3.63, 3.8) is 0 Å². The number of aromatic nitrogens is 4. The van der Waals surface area contributed by atoms with Gasteiger partial charge in [0.15, 0.2) is 5.65 Å².